The molecule has 0 aliphatic rings. The van der Waals surface area contributed by atoms with E-state index in [0.717, 1.165) is 30.5 Å². The predicted molar refractivity (Wildman–Crippen MR) is 83.4 cm³/mol. The molecule has 0 aliphatic carbocycles. The molecule has 124 valence electrons. The molecule has 1 aromatic heterocycles. The standard InChI is InChI=1S/C14H15FN2O4S2/c1-22(18,19)17-10-14(11-3-2-8-16-9-11)23(20,21)13-6-4-12(15)5-7-13/h2-9,14,17H,10H2,1H3/t14-/m1/s1. The van der Waals surface area contributed by atoms with Crippen LogP contribution in [0.2, 0.25) is 0 Å². The third-order valence-corrected chi connectivity index (χ3v) is 5.91. The van der Waals surface area contributed by atoms with Crippen LogP contribution in [0.25, 0.3) is 0 Å². The number of benzene rings is 1. The predicted octanol–water partition coefficient (Wildman–Crippen LogP) is 1.28. The van der Waals surface area contributed by atoms with Crippen molar-refractivity contribution < 1.29 is 21.2 Å². The summed E-state index contributed by atoms with van der Waals surface area (Å²) < 4.78 is 63.4. The van der Waals surface area contributed by atoms with E-state index in [1.165, 1.54) is 12.4 Å². The van der Waals surface area contributed by atoms with Crippen LogP contribution in [0.1, 0.15) is 10.8 Å². The number of pyridine rings is 1. The van der Waals surface area contributed by atoms with Gasteiger partial charge in [-0.05, 0) is 35.9 Å². The molecule has 0 radical (unpaired) electrons. The molecule has 0 amide bonds. The molecule has 1 heterocycles. The fourth-order valence-corrected chi connectivity index (χ4v) is 4.21. The van der Waals surface area contributed by atoms with E-state index in [1.54, 1.807) is 12.1 Å². The lowest BCUT2D eigenvalue weighted by Crippen LogP contribution is -2.31. The topological polar surface area (TPSA) is 93.2 Å². The molecule has 0 spiro atoms. The summed E-state index contributed by atoms with van der Waals surface area (Å²) in [4.78, 5) is 3.78. The van der Waals surface area contributed by atoms with E-state index >= 15 is 0 Å². The summed E-state index contributed by atoms with van der Waals surface area (Å²) in [6.07, 6.45) is 3.78. The van der Waals surface area contributed by atoms with E-state index in [0.29, 0.717) is 5.56 Å². The maximum Gasteiger partial charge on any atom is 0.208 e. The lowest BCUT2D eigenvalue weighted by molar-refractivity contribution is 0.571. The number of sulfonamides is 1. The van der Waals surface area contributed by atoms with Gasteiger partial charge in [0.05, 0.1) is 11.2 Å². The zero-order chi connectivity index (χ0) is 17.1. The van der Waals surface area contributed by atoms with Crippen LogP contribution >= 0.6 is 0 Å². The van der Waals surface area contributed by atoms with Crippen molar-refractivity contribution >= 4 is 19.9 Å². The largest absolute Gasteiger partial charge is 0.264 e. The summed E-state index contributed by atoms with van der Waals surface area (Å²) in [6, 6.07) is 7.48. The molecule has 0 fully saturated rings. The van der Waals surface area contributed by atoms with Crippen molar-refractivity contribution in [2.75, 3.05) is 12.8 Å². The second kappa shape index (κ2) is 6.73. The van der Waals surface area contributed by atoms with Crippen molar-refractivity contribution in [1.82, 2.24) is 9.71 Å². The molecule has 0 saturated carbocycles. The summed E-state index contributed by atoms with van der Waals surface area (Å²) in [5.41, 5.74) is 0.341. The Morgan fingerprint density at radius 2 is 1.78 bits per heavy atom. The molecule has 2 aromatic rings. The molecule has 6 nitrogen and oxygen atoms in total. The first-order valence-corrected chi connectivity index (χ1v) is 9.98. The second-order valence-electron chi connectivity index (χ2n) is 4.89. The zero-order valence-electron chi connectivity index (χ0n) is 12.2. The van der Waals surface area contributed by atoms with Gasteiger partial charge in [-0.3, -0.25) is 4.98 Å². The average Bonchev–Trinajstić information content (AvgIpc) is 2.47. The third kappa shape index (κ3) is 4.57. The first kappa shape index (κ1) is 17.5. The minimum atomic E-state index is -3.93. The van der Waals surface area contributed by atoms with E-state index in [1.807, 2.05) is 0 Å². The highest BCUT2D eigenvalue weighted by Crippen LogP contribution is 2.28. The zero-order valence-corrected chi connectivity index (χ0v) is 13.8. The minimum absolute atomic E-state index is 0.0944. The lowest BCUT2D eigenvalue weighted by Gasteiger charge is -2.18. The number of halogens is 1. The minimum Gasteiger partial charge on any atom is -0.264 e. The number of hydrogen-bond donors (Lipinski definition) is 1. The number of hydrogen-bond acceptors (Lipinski definition) is 5. The molecule has 0 aliphatic heterocycles. The van der Waals surface area contributed by atoms with Crippen LogP contribution in [0, 0.1) is 5.82 Å². The Hall–Kier alpha value is -1.84. The molecular formula is C14H15FN2O4S2. The van der Waals surface area contributed by atoms with E-state index in [9.17, 15) is 21.2 Å². The van der Waals surface area contributed by atoms with Crippen molar-refractivity contribution in [3.63, 3.8) is 0 Å². The Kier molecular flexibility index (Phi) is 5.12. The van der Waals surface area contributed by atoms with Crippen LogP contribution < -0.4 is 4.72 Å². The molecule has 0 saturated heterocycles. The molecule has 2 rings (SSSR count). The highest BCUT2D eigenvalue weighted by molar-refractivity contribution is 7.92. The van der Waals surface area contributed by atoms with Crippen LogP contribution in [-0.4, -0.2) is 34.6 Å². The Labute approximate surface area is 134 Å². The maximum absolute atomic E-state index is 13.0. The van der Waals surface area contributed by atoms with Gasteiger partial charge in [0.15, 0.2) is 9.84 Å². The Bertz CT molecular complexity index is 867. The van der Waals surface area contributed by atoms with Gasteiger partial charge in [-0.15, -0.1) is 0 Å². The molecule has 9 heteroatoms. The Morgan fingerprint density at radius 3 is 2.30 bits per heavy atom. The highest BCUT2D eigenvalue weighted by atomic mass is 32.2. The summed E-state index contributed by atoms with van der Waals surface area (Å²) in [5, 5.41) is -1.17. The van der Waals surface area contributed by atoms with Crippen molar-refractivity contribution in [2.24, 2.45) is 0 Å². The van der Waals surface area contributed by atoms with Crippen molar-refractivity contribution in [1.29, 1.82) is 0 Å². The van der Waals surface area contributed by atoms with Gasteiger partial charge < -0.3 is 0 Å². The van der Waals surface area contributed by atoms with Crippen LogP contribution in [0.15, 0.2) is 53.7 Å². The number of rotatable bonds is 6. The Balaban J connectivity index is 2.45. The SMILES string of the molecule is CS(=O)(=O)NC[C@H](c1cccnc1)S(=O)(=O)c1ccc(F)cc1. The smallest absolute Gasteiger partial charge is 0.208 e. The van der Waals surface area contributed by atoms with E-state index in [-0.39, 0.29) is 11.4 Å². The molecular weight excluding hydrogens is 343 g/mol. The van der Waals surface area contributed by atoms with E-state index in [2.05, 4.69) is 9.71 Å². The van der Waals surface area contributed by atoms with Gasteiger partial charge in [-0.1, -0.05) is 6.07 Å². The lowest BCUT2D eigenvalue weighted by atomic mass is 10.2. The first-order chi connectivity index (χ1) is 10.7. The number of aromatic nitrogens is 1. The molecule has 23 heavy (non-hydrogen) atoms. The monoisotopic (exact) mass is 358 g/mol. The van der Waals surface area contributed by atoms with Gasteiger partial charge in [0.25, 0.3) is 0 Å². The normalized spacial score (nSPS) is 13.7. The summed E-state index contributed by atoms with van der Waals surface area (Å²) in [6.45, 7) is -0.343. The van der Waals surface area contributed by atoms with Crippen LogP contribution in [0.5, 0.6) is 0 Å². The highest BCUT2D eigenvalue weighted by Gasteiger charge is 2.30. The molecule has 0 unspecified atom stereocenters. The second-order valence-corrected chi connectivity index (χ2v) is 8.86. The summed E-state index contributed by atoms with van der Waals surface area (Å²) >= 11 is 0. The van der Waals surface area contributed by atoms with Crippen LogP contribution in [-0.2, 0) is 19.9 Å². The fourth-order valence-electron chi connectivity index (χ4n) is 1.99. The molecule has 0 bridgehead atoms. The Morgan fingerprint density at radius 1 is 1.13 bits per heavy atom. The fraction of sp³-hybridized carbons (Fsp3) is 0.214. The van der Waals surface area contributed by atoms with Gasteiger partial charge in [0.2, 0.25) is 10.0 Å². The number of sulfone groups is 1. The molecule has 1 aromatic carbocycles. The van der Waals surface area contributed by atoms with Crippen molar-refractivity contribution in [3.05, 3.63) is 60.2 Å². The van der Waals surface area contributed by atoms with Crippen LogP contribution in [0.3, 0.4) is 0 Å². The number of nitrogens with zero attached hydrogens (tertiary/aromatic N) is 1. The van der Waals surface area contributed by atoms with Crippen molar-refractivity contribution in [3.8, 4) is 0 Å². The summed E-state index contributed by atoms with van der Waals surface area (Å²) in [5.74, 6) is -0.559. The summed E-state index contributed by atoms with van der Waals surface area (Å²) in [7, 11) is -7.50. The third-order valence-electron chi connectivity index (χ3n) is 3.10. The molecule has 1 atom stereocenters. The van der Waals surface area contributed by atoms with E-state index in [4.69, 9.17) is 0 Å². The average molecular weight is 358 g/mol. The molecule has 1 N–H and O–H groups in total. The van der Waals surface area contributed by atoms with Gasteiger partial charge in [0, 0.05) is 18.9 Å². The van der Waals surface area contributed by atoms with Crippen molar-refractivity contribution in [2.45, 2.75) is 10.1 Å². The maximum atomic E-state index is 13.0. The van der Waals surface area contributed by atoms with Gasteiger partial charge in [0.1, 0.15) is 11.1 Å². The quantitative estimate of drug-likeness (QED) is 0.785. The number of nitrogens with one attached hydrogen (secondary N) is 1. The van der Waals surface area contributed by atoms with Gasteiger partial charge >= 0.3 is 0 Å². The van der Waals surface area contributed by atoms with E-state index < -0.39 is 30.9 Å². The van der Waals surface area contributed by atoms with Crippen LogP contribution in [0.4, 0.5) is 4.39 Å². The van der Waals surface area contributed by atoms with Gasteiger partial charge in [-0.25, -0.2) is 25.9 Å². The first-order valence-electron chi connectivity index (χ1n) is 6.54. The van der Waals surface area contributed by atoms with Gasteiger partial charge in [-0.2, -0.15) is 0 Å².